The first kappa shape index (κ1) is 10.9. The van der Waals surface area contributed by atoms with E-state index in [4.69, 9.17) is 0 Å². The van der Waals surface area contributed by atoms with Gasteiger partial charge in [0.05, 0.1) is 0 Å². The van der Waals surface area contributed by atoms with Crippen molar-refractivity contribution >= 4 is 5.91 Å². The molecular weight excluding hydrogens is 188 g/mol. The predicted molar refractivity (Wildman–Crippen MR) is 60.6 cm³/mol. The molecule has 3 nitrogen and oxygen atoms in total. The highest BCUT2D eigenvalue weighted by Gasteiger charge is 2.32. The van der Waals surface area contributed by atoms with E-state index in [1.54, 1.807) is 0 Å². The average Bonchev–Trinajstić information content (AvgIpc) is 3.05. The summed E-state index contributed by atoms with van der Waals surface area (Å²) in [6.07, 6.45) is 5.85. The summed E-state index contributed by atoms with van der Waals surface area (Å²) in [5.74, 6) is 1.07. The van der Waals surface area contributed by atoms with Crippen molar-refractivity contribution in [2.45, 2.75) is 51.1 Å². The Bertz CT molecular complexity index is 234. The Balaban J connectivity index is 1.63. The number of hydrogen-bond donors (Lipinski definition) is 1. The molecule has 1 unspecified atom stereocenters. The fourth-order valence-corrected chi connectivity index (χ4v) is 1.97. The summed E-state index contributed by atoms with van der Waals surface area (Å²) in [7, 11) is 1.95. The summed E-state index contributed by atoms with van der Waals surface area (Å²) < 4.78 is 0. The minimum absolute atomic E-state index is 0.294. The third-order valence-corrected chi connectivity index (χ3v) is 3.66. The number of nitrogens with one attached hydrogen (secondary N) is 1. The fraction of sp³-hybridized carbons (Fsp3) is 0.917. The molecule has 2 aliphatic carbocycles. The first-order valence-electron chi connectivity index (χ1n) is 6.17. The van der Waals surface area contributed by atoms with Crippen LogP contribution in [0.15, 0.2) is 0 Å². The highest BCUT2D eigenvalue weighted by Crippen LogP contribution is 2.34. The number of carbonyl (C=O) groups is 1. The van der Waals surface area contributed by atoms with Gasteiger partial charge in [0.1, 0.15) is 0 Å². The Kier molecular flexibility index (Phi) is 3.29. The summed E-state index contributed by atoms with van der Waals surface area (Å²) in [6, 6.07) is 1.15. The normalized spacial score (nSPS) is 22.5. The van der Waals surface area contributed by atoms with E-state index in [-0.39, 0.29) is 0 Å². The van der Waals surface area contributed by atoms with E-state index in [9.17, 15) is 4.79 Å². The van der Waals surface area contributed by atoms with E-state index in [0.29, 0.717) is 24.4 Å². The number of nitrogens with zero attached hydrogens (tertiary/aromatic N) is 1. The van der Waals surface area contributed by atoms with Crippen molar-refractivity contribution < 1.29 is 4.79 Å². The number of amides is 1. The summed E-state index contributed by atoms with van der Waals surface area (Å²) in [4.78, 5) is 13.7. The smallest absolute Gasteiger partial charge is 0.223 e. The van der Waals surface area contributed by atoms with Gasteiger partial charge in [-0.2, -0.15) is 0 Å². The van der Waals surface area contributed by atoms with Crippen LogP contribution in [0.2, 0.25) is 0 Å². The lowest BCUT2D eigenvalue weighted by molar-refractivity contribution is -0.131. The van der Waals surface area contributed by atoms with Crippen LogP contribution in [0, 0.1) is 5.92 Å². The molecule has 0 spiro atoms. The van der Waals surface area contributed by atoms with E-state index < -0.39 is 0 Å². The molecule has 2 saturated carbocycles. The molecule has 0 aliphatic heterocycles. The van der Waals surface area contributed by atoms with Crippen LogP contribution in [0.1, 0.15) is 39.0 Å². The number of carbonyl (C=O) groups excluding carboxylic acids is 1. The summed E-state index contributed by atoms with van der Waals surface area (Å²) in [6.45, 7) is 3.02. The van der Waals surface area contributed by atoms with Crippen molar-refractivity contribution in [1.82, 2.24) is 10.2 Å². The zero-order valence-electron chi connectivity index (χ0n) is 9.83. The van der Waals surface area contributed by atoms with Crippen LogP contribution in [-0.4, -0.2) is 36.5 Å². The van der Waals surface area contributed by atoms with Crippen molar-refractivity contribution in [2.24, 2.45) is 5.92 Å². The zero-order chi connectivity index (χ0) is 10.8. The van der Waals surface area contributed by atoms with Crippen LogP contribution in [0.25, 0.3) is 0 Å². The van der Waals surface area contributed by atoms with Crippen molar-refractivity contribution in [3.8, 4) is 0 Å². The first-order valence-corrected chi connectivity index (χ1v) is 6.17. The standard InChI is InChI=1S/C12H22N2O/c1-9(10-3-4-10)14(2)12(15)7-8-13-11-5-6-11/h9-11,13H,3-8H2,1-2H3. The molecule has 0 radical (unpaired) electrons. The number of hydrogen-bond acceptors (Lipinski definition) is 2. The lowest BCUT2D eigenvalue weighted by atomic mass is 10.2. The molecule has 1 N–H and O–H groups in total. The Hall–Kier alpha value is -0.570. The second-order valence-corrected chi connectivity index (χ2v) is 5.06. The Morgan fingerprint density at radius 1 is 1.40 bits per heavy atom. The van der Waals surface area contributed by atoms with Gasteiger partial charge in [-0.25, -0.2) is 0 Å². The van der Waals surface area contributed by atoms with E-state index in [1.807, 2.05) is 11.9 Å². The lowest BCUT2D eigenvalue weighted by Gasteiger charge is -2.25. The van der Waals surface area contributed by atoms with Crippen LogP contribution in [0.5, 0.6) is 0 Å². The Labute approximate surface area is 92.2 Å². The third kappa shape index (κ3) is 3.20. The molecule has 15 heavy (non-hydrogen) atoms. The number of rotatable bonds is 6. The minimum atomic E-state index is 0.294. The lowest BCUT2D eigenvalue weighted by Crippen LogP contribution is -2.38. The van der Waals surface area contributed by atoms with Crippen LogP contribution in [0.3, 0.4) is 0 Å². The molecule has 2 rings (SSSR count). The molecule has 2 fully saturated rings. The fourth-order valence-electron chi connectivity index (χ4n) is 1.97. The van der Waals surface area contributed by atoms with Crippen LogP contribution in [-0.2, 0) is 4.79 Å². The van der Waals surface area contributed by atoms with Gasteiger partial charge in [0.15, 0.2) is 0 Å². The van der Waals surface area contributed by atoms with Crippen molar-refractivity contribution in [3.05, 3.63) is 0 Å². The predicted octanol–water partition coefficient (Wildman–Crippen LogP) is 1.39. The molecule has 2 aliphatic rings. The van der Waals surface area contributed by atoms with E-state index >= 15 is 0 Å². The van der Waals surface area contributed by atoms with Gasteiger partial charge in [0.25, 0.3) is 0 Å². The monoisotopic (exact) mass is 210 g/mol. The maximum Gasteiger partial charge on any atom is 0.223 e. The molecule has 0 aromatic heterocycles. The molecule has 0 heterocycles. The van der Waals surface area contributed by atoms with Gasteiger partial charge in [0.2, 0.25) is 5.91 Å². The molecule has 0 aromatic carbocycles. The maximum absolute atomic E-state index is 11.8. The zero-order valence-corrected chi connectivity index (χ0v) is 9.83. The highest BCUT2D eigenvalue weighted by molar-refractivity contribution is 5.76. The third-order valence-electron chi connectivity index (χ3n) is 3.66. The quantitative estimate of drug-likeness (QED) is 0.718. The van der Waals surface area contributed by atoms with Gasteiger partial charge < -0.3 is 10.2 Å². The maximum atomic E-state index is 11.8. The van der Waals surface area contributed by atoms with Gasteiger partial charge in [-0.3, -0.25) is 4.79 Å². The molecular formula is C12H22N2O. The minimum Gasteiger partial charge on any atom is -0.343 e. The average molecular weight is 210 g/mol. The molecule has 0 saturated heterocycles. The first-order chi connectivity index (χ1) is 7.18. The van der Waals surface area contributed by atoms with Crippen molar-refractivity contribution in [3.63, 3.8) is 0 Å². The van der Waals surface area contributed by atoms with E-state index in [2.05, 4.69) is 12.2 Å². The summed E-state index contributed by atoms with van der Waals surface area (Å²) in [5.41, 5.74) is 0. The molecule has 86 valence electrons. The summed E-state index contributed by atoms with van der Waals surface area (Å²) >= 11 is 0. The molecule has 1 amide bonds. The van der Waals surface area contributed by atoms with Crippen molar-refractivity contribution in [1.29, 1.82) is 0 Å². The largest absolute Gasteiger partial charge is 0.343 e. The molecule has 3 heteroatoms. The topological polar surface area (TPSA) is 32.3 Å². The Morgan fingerprint density at radius 2 is 2.07 bits per heavy atom. The van der Waals surface area contributed by atoms with E-state index in [0.717, 1.165) is 12.5 Å². The van der Waals surface area contributed by atoms with E-state index in [1.165, 1.54) is 25.7 Å². The molecule has 1 atom stereocenters. The second kappa shape index (κ2) is 4.52. The van der Waals surface area contributed by atoms with Crippen molar-refractivity contribution in [2.75, 3.05) is 13.6 Å². The molecule has 0 aromatic rings. The van der Waals surface area contributed by atoms with Gasteiger partial charge >= 0.3 is 0 Å². The van der Waals surface area contributed by atoms with Gasteiger partial charge in [-0.15, -0.1) is 0 Å². The Morgan fingerprint density at radius 3 is 2.60 bits per heavy atom. The molecule has 0 bridgehead atoms. The second-order valence-electron chi connectivity index (χ2n) is 5.06. The highest BCUT2D eigenvalue weighted by atomic mass is 16.2. The van der Waals surface area contributed by atoms with Gasteiger partial charge in [-0.05, 0) is 38.5 Å². The SMILES string of the molecule is CC(C1CC1)N(C)C(=O)CCNC1CC1. The van der Waals surface area contributed by atoms with Gasteiger partial charge in [-0.1, -0.05) is 0 Å². The van der Waals surface area contributed by atoms with Crippen LogP contribution < -0.4 is 5.32 Å². The summed E-state index contributed by atoms with van der Waals surface area (Å²) in [5, 5.41) is 3.38. The van der Waals surface area contributed by atoms with Crippen LogP contribution in [0.4, 0.5) is 0 Å². The van der Waals surface area contributed by atoms with Crippen LogP contribution >= 0.6 is 0 Å². The van der Waals surface area contributed by atoms with Gasteiger partial charge in [0, 0.05) is 32.1 Å².